The Labute approximate surface area is 294 Å². The van der Waals surface area contributed by atoms with Crippen LogP contribution >= 0.6 is 0 Å². The molecule has 0 aromatic heterocycles. The lowest BCUT2D eigenvalue weighted by Gasteiger charge is -2.65. The summed E-state index contributed by atoms with van der Waals surface area (Å²) >= 11 is 0. The maximum Gasteiger partial charge on any atom is 0.186 e. The molecule has 5 saturated carbocycles. The summed E-state index contributed by atoms with van der Waals surface area (Å²) in [7, 11) is 0. The fraction of sp³-hybridized carbons (Fsp3) is 1.00. The minimum Gasteiger partial charge on any atom is -0.394 e. The molecule has 3 aliphatic heterocycles. The van der Waals surface area contributed by atoms with Crippen LogP contribution in [0.25, 0.3) is 0 Å². The molecule has 50 heavy (non-hydrogen) atoms. The fourth-order valence-corrected chi connectivity index (χ4v) is 13.6. The van der Waals surface area contributed by atoms with Gasteiger partial charge in [0.15, 0.2) is 18.9 Å². The SMILES string of the molecule is C[C@H]1C[C@H]2[C@H](C[C@@]3(C)[C@@H]4[C@H](O[C@@H]5O[C@H](CO)[C@@H](O)[C@H](O)[C@H]5O)C[C@H]5C(C)(C)[C@@H](O[C@@H]6OC[C@@H](O)[C@H](O)[C@H]6O)CC[C@@]56C[C@@]46CC[C@]23C)O[C@H]1O. The quantitative estimate of drug-likeness (QED) is 0.182. The standard InChI is InChI=1S/C37H60O13/c1-16-10-17-20(47-30(16)45)12-35(5)29-19(48-32-28(44)26(42)25(41)21(13-38)49-32)11-22-33(2,3)23(50-31-27(43)24(40)18(39)14-46-31)6-7-36(22)15-37(29,36)9-8-34(17,35)4/h16-32,38-45H,6-15H2,1-5H3/t16-,17-,18+,19+,20-,21+,22-,23-,24-,25+,26-,27+,28+,29-,30+,31-,32+,34+,35-,36+,37-/m0/s1. The van der Waals surface area contributed by atoms with Crippen LogP contribution in [0.3, 0.4) is 0 Å². The normalized spacial score (nSPS) is 61.3. The zero-order valence-corrected chi connectivity index (χ0v) is 30.0. The molecule has 8 aliphatic rings. The maximum absolute atomic E-state index is 11.2. The van der Waals surface area contributed by atoms with Crippen LogP contribution in [0, 0.1) is 50.7 Å². The predicted molar refractivity (Wildman–Crippen MR) is 174 cm³/mol. The van der Waals surface area contributed by atoms with Crippen molar-refractivity contribution in [2.75, 3.05) is 13.2 Å². The lowest BCUT2D eigenvalue weighted by atomic mass is 9.41. The number of aliphatic hydroxyl groups excluding tert-OH is 8. The zero-order chi connectivity index (χ0) is 35.9. The first-order valence-electron chi connectivity index (χ1n) is 19.1. The van der Waals surface area contributed by atoms with E-state index in [1.807, 2.05) is 0 Å². The van der Waals surface area contributed by atoms with Crippen molar-refractivity contribution in [2.45, 2.75) is 166 Å². The van der Waals surface area contributed by atoms with Crippen LogP contribution < -0.4 is 0 Å². The third kappa shape index (κ3) is 4.78. The molecule has 13 heteroatoms. The number of hydrogen-bond acceptors (Lipinski definition) is 13. The Balaban J connectivity index is 1.15. The van der Waals surface area contributed by atoms with E-state index in [0.717, 1.165) is 44.9 Å². The molecule has 286 valence electrons. The molecule has 13 nitrogen and oxygen atoms in total. The topological polar surface area (TPSA) is 208 Å². The lowest BCUT2D eigenvalue weighted by Crippen LogP contribution is -2.65. The highest BCUT2D eigenvalue weighted by Gasteiger charge is 2.85. The molecule has 3 heterocycles. The highest BCUT2D eigenvalue weighted by molar-refractivity contribution is 5.33. The van der Waals surface area contributed by atoms with Crippen LogP contribution in [0.15, 0.2) is 0 Å². The van der Waals surface area contributed by atoms with Gasteiger partial charge in [-0.3, -0.25) is 0 Å². The molecule has 0 aromatic rings. The largest absolute Gasteiger partial charge is 0.394 e. The van der Waals surface area contributed by atoms with Crippen molar-refractivity contribution in [2.24, 2.45) is 50.7 Å². The maximum atomic E-state index is 11.2. The Morgan fingerprint density at radius 3 is 2.18 bits per heavy atom. The number of rotatable bonds is 5. The van der Waals surface area contributed by atoms with Gasteiger partial charge in [0, 0.05) is 5.92 Å². The average Bonchev–Trinajstić information content (AvgIpc) is 3.67. The lowest BCUT2D eigenvalue weighted by molar-refractivity contribution is -0.335. The van der Waals surface area contributed by atoms with Gasteiger partial charge >= 0.3 is 0 Å². The van der Waals surface area contributed by atoms with E-state index in [1.54, 1.807) is 0 Å². The number of aliphatic hydroxyl groups is 8. The molecule has 8 N–H and O–H groups in total. The predicted octanol–water partition coefficient (Wildman–Crippen LogP) is 0.398. The summed E-state index contributed by atoms with van der Waals surface area (Å²) in [6.45, 7) is 10.5. The molecule has 0 aromatic carbocycles. The zero-order valence-electron chi connectivity index (χ0n) is 30.0. The van der Waals surface area contributed by atoms with E-state index in [0.29, 0.717) is 6.42 Å². The molecule has 8 rings (SSSR count). The van der Waals surface area contributed by atoms with E-state index in [1.165, 1.54) is 0 Å². The fourth-order valence-electron chi connectivity index (χ4n) is 13.6. The molecule has 21 atom stereocenters. The first-order chi connectivity index (χ1) is 23.5. The first kappa shape index (κ1) is 36.5. The monoisotopic (exact) mass is 712 g/mol. The van der Waals surface area contributed by atoms with Crippen molar-refractivity contribution in [1.29, 1.82) is 0 Å². The van der Waals surface area contributed by atoms with Gasteiger partial charge in [0.25, 0.3) is 0 Å². The first-order valence-corrected chi connectivity index (χ1v) is 19.1. The average molecular weight is 713 g/mol. The van der Waals surface area contributed by atoms with E-state index < -0.39 is 79.7 Å². The number of hydrogen-bond donors (Lipinski definition) is 8. The minimum atomic E-state index is -1.55. The second-order valence-electron chi connectivity index (χ2n) is 18.8. The third-order valence-corrected chi connectivity index (χ3v) is 16.5. The summed E-state index contributed by atoms with van der Waals surface area (Å²) in [5.74, 6) is 0.459. The molecule has 5 aliphatic carbocycles. The molecular formula is C37H60O13. The van der Waals surface area contributed by atoms with Crippen molar-refractivity contribution in [3.63, 3.8) is 0 Å². The van der Waals surface area contributed by atoms with Crippen LogP contribution in [-0.4, -0.2) is 134 Å². The van der Waals surface area contributed by atoms with Gasteiger partial charge < -0.3 is 64.5 Å². The number of fused-ring (bicyclic) bond motifs is 4. The highest BCUT2D eigenvalue weighted by Crippen LogP contribution is 2.89. The Kier molecular flexibility index (Phi) is 8.74. The molecule has 8 fully saturated rings. The Morgan fingerprint density at radius 2 is 1.46 bits per heavy atom. The van der Waals surface area contributed by atoms with Crippen molar-refractivity contribution >= 4 is 0 Å². The molecule has 0 radical (unpaired) electrons. The van der Waals surface area contributed by atoms with E-state index in [9.17, 15) is 40.9 Å². The summed E-state index contributed by atoms with van der Waals surface area (Å²) < 4.78 is 31.4. The summed E-state index contributed by atoms with van der Waals surface area (Å²) in [4.78, 5) is 0. The number of ether oxygens (including phenoxy) is 5. The Hall–Kier alpha value is -0.520. The van der Waals surface area contributed by atoms with Crippen molar-refractivity contribution in [3.05, 3.63) is 0 Å². The molecule has 0 bridgehead atoms. The van der Waals surface area contributed by atoms with Crippen LogP contribution in [0.1, 0.15) is 86.0 Å². The van der Waals surface area contributed by atoms with Gasteiger partial charge in [-0.2, -0.15) is 0 Å². The van der Waals surface area contributed by atoms with Crippen molar-refractivity contribution in [3.8, 4) is 0 Å². The van der Waals surface area contributed by atoms with E-state index in [-0.39, 0.29) is 64.1 Å². The van der Waals surface area contributed by atoms with Gasteiger partial charge in [-0.05, 0) is 96.2 Å². The molecule has 0 amide bonds. The second-order valence-corrected chi connectivity index (χ2v) is 18.8. The van der Waals surface area contributed by atoms with Crippen LogP contribution in [-0.2, 0) is 23.7 Å². The Bertz CT molecular complexity index is 1300. The van der Waals surface area contributed by atoms with E-state index in [4.69, 9.17) is 23.7 Å². The van der Waals surface area contributed by atoms with E-state index in [2.05, 4.69) is 34.6 Å². The van der Waals surface area contributed by atoms with Crippen LogP contribution in [0.2, 0.25) is 0 Å². The Morgan fingerprint density at radius 1 is 0.740 bits per heavy atom. The molecule has 3 saturated heterocycles. The molecule has 2 spiro atoms. The summed E-state index contributed by atoms with van der Waals surface area (Å²) in [5, 5.41) is 84.4. The molecule has 0 unspecified atom stereocenters. The van der Waals surface area contributed by atoms with Gasteiger partial charge in [0.2, 0.25) is 0 Å². The molecular weight excluding hydrogens is 652 g/mol. The van der Waals surface area contributed by atoms with E-state index >= 15 is 0 Å². The minimum absolute atomic E-state index is 0.00375. The smallest absolute Gasteiger partial charge is 0.186 e. The van der Waals surface area contributed by atoms with Gasteiger partial charge in [0.1, 0.15) is 42.7 Å². The highest BCUT2D eigenvalue weighted by atomic mass is 16.7. The second kappa shape index (κ2) is 12.0. The van der Waals surface area contributed by atoms with Crippen LogP contribution in [0.4, 0.5) is 0 Å². The summed E-state index contributed by atoms with van der Waals surface area (Å²) in [5.41, 5.74) is -0.840. The van der Waals surface area contributed by atoms with Crippen molar-refractivity contribution in [1.82, 2.24) is 0 Å². The van der Waals surface area contributed by atoms with Gasteiger partial charge in [-0.15, -0.1) is 0 Å². The van der Waals surface area contributed by atoms with Gasteiger partial charge in [-0.1, -0.05) is 34.6 Å². The van der Waals surface area contributed by atoms with Crippen LogP contribution in [0.5, 0.6) is 0 Å². The van der Waals surface area contributed by atoms with Gasteiger partial charge in [-0.25, -0.2) is 0 Å². The van der Waals surface area contributed by atoms with Gasteiger partial charge in [0.05, 0.1) is 31.5 Å². The summed E-state index contributed by atoms with van der Waals surface area (Å²) in [6, 6.07) is 0. The third-order valence-electron chi connectivity index (χ3n) is 16.5. The summed E-state index contributed by atoms with van der Waals surface area (Å²) in [6.07, 6.45) is -6.59. The van der Waals surface area contributed by atoms with Crippen molar-refractivity contribution < 1.29 is 64.5 Å².